The second-order valence-corrected chi connectivity index (χ2v) is 8.19. The molecule has 0 aliphatic heterocycles. The van der Waals surface area contributed by atoms with Gasteiger partial charge < -0.3 is 18.6 Å². The van der Waals surface area contributed by atoms with Crippen LogP contribution in [0.4, 0.5) is 0 Å². The lowest BCUT2D eigenvalue weighted by Gasteiger charge is -2.37. The molecule has 168 valence electrons. The van der Waals surface area contributed by atoms with E-state index in [1.165, 1.54) is 13.4 Å². The van der Waals surface area contributed by atoms with Gasteiger partial charge in [-0.3, -0.25) is 9.59 Å². The quantitative estimate of drug-likeness (QED) is 0.477. The average Bonchev–Trinajstić information content (AvgIpc) is 3.40. The number of nitrogens with zero attached hydrogens (tertiary/aromatic N) is 2. The highest BCUT2D eigenvalue weighted by molar-refractivity contribution is 6.07. The van der Waals surface area contributed by atoms with Crippen LogP contribution in [0.25, 0.3) is 0 Å². The van der Waals surface area contributed by atoms with E-state index in [-0.39, 0.29) is 23.5 Å². The van der Waals surface area contributed by atoms with Gasteiger partial charge in [-0.05, 0) is 58.2 Å². The zero-order valence-electron chi connectivity index (χ0n) is 19.1. The number of methoxy groups -OCH3 is 1. The molecule has 0 N–H and O–H groups in total. The molecule has 2 heterocycles. The molecule has 1 aliphatic carbocycles. The highest BCUT2D eigenvalue weighted by Gasteiger charge is 2.37. The standard InChI is InChI=1S/C24H32N2O5/c1-6-25-16(3)20(15(2)21(25)24(29)30-5)22(27)17(4)26(18-11-8-7-9-12-18)23(28)19-13-10-14-31-19/h10,13-14,17-18H,6-9,11-12H2,1-5H3. The van der Waals surface area contributed by atoms with Gasteiger partial charge in [0.2, 0.25) is 0 Å². The van der Waals surface area contributed by atoms with Gasteiger partial charge in [-0.1, -0.05) is 19.3 Å². The Morgan fingerprint density at radius 2 is 1.90 bits per heavy atom. The van der Waals surface area contributed by atoms with E-state index in [0.717, 1.165) is 32.1 Å². The molecule has 1 atom stereocenters. The summed E-state index contributed by atoms with van der Waals surface area (Å²) in [5, 5.41) is 0. The van der Waals surface area contributed by atoms with Gasteiger partial charge in [0, 0.05) is 23.8 Å². The van der Waals surface area contributed by atoms with Crippen molar-refractivity contribution < 1.29 is 23.5 Å². The van der Waals surface area contributed by atoms with Crippen LogP contribution in [0.5, 0.6) is 0 Å². The number of esters is 1. The summed E-state index contributed by atoms with van der Waals surface area (Å²) in [5.41, 5.74) is 2.19. The van der Waals surface area contributed by atoms with Gasteiger partial charge in [0.15, 0.2) is 11.5 Å². The molecule has 3 rings (SSSR count). The molecular weight excluding hydrogens is 396 g/mol. The summed E-state index contributed by atoms with van der Waals surface area (Å²) in [5.74, 6) is -0.668. The summed E-state index contributed by atoms with van der Waals surface area (Å²) >= 11 is 0. The first-order valence-corrected chi connectivity index (χ1v) is 11.0. The van der Waals surface area contributed by atoms with E-state index in [0.29, 0.717) is 29.1 Å². The Bertz CT molecular complexity index is 951. The van der Waals surface area contributed by atoms with Crippen molar-refractivity contribution in [2.24, 2.45) is 0 Å². The molecule has 2 aromatic heterocycles. The monoisotopic (exact) mass is 428 g/mol. The van der Waals surface area contributed by atoms with Gasteiger partial charge in [0.1, 0.15) is 5.69 Å². The molecular formula is C24H32N2O5. The lowest BCUT2D eigenvalue weighted by molar-refractivity contribution is 0.0461. The van der Waals surface area contributed by atoms with E-state index in [1.54, 1.807) is 35.4 Å². The van der Waals surface area contributed by atoms with Crippen LogP contribution in [0.2, 0.25) is 0 Å². The summed E-state index contributed by atoms with van der Waals surface area (Å²) in [6.07, 6.45) is 6.41. The third-order valence-electron chi connectivity index (χ3n) is 6.44. The number of aromatic nitrogens is 1. The second kappa shape index (κ2) is 9.54. The number of furan rings is 1. The number of amides is 1. The molecule has 7 heteroatoms. The van der Waals surface area contributed by atoms with Crippen molar-refractivity contribution in [3.05, 3.63) is 46.7 Å². The third kappa shape index (κ3) is 4.18. The maximum absolute atomic E-state index is 13.7. The van der Waals surface area contributed by atoms with E-state index < -0.39 is 12.0 Å². The van der Waals surface area contributed by atoms with Crippen LogP contribution < -0.4 is 0 Å². The van der Waals surface area contributed by atoms with Gasteiger partial charge in [-0.15, -0.1) is 0 Å². The van der Waals surface area contributed by atoms with Gasteiger partial charge in [0.25, 0.3) is 5.91 Å². The van der Waals surface area contributed by atoms with Crippen molar-refractivity contribution in [3.8, 4) is 0 Å². The van der Waals surface area contributed by atoms with Crippen LogP contribution in [-0.4, -0.2) is 46.3 Å². The minimum absolute atomic E-state index is 0.0146. The largest absolute Gasteiger partial charge is 0.464 e. The average molecular weight is 429 g/mol. The molecule has 7 nitrogen and oxygen atoms in total. The van der Waals surface area contributed by atoms with Crippen molar-refractivity contribution >= 4 is 17.7 Å². The number of Topliss-reactive ketones (excluding diaryl/α,β-unsaturated/α-hetero) is 1. The Balaban J connectivity index is 2.03. The normalized spacial score (nSPS) is 15.5. The Kier molecular flexibility index (Phi) is 7.03. The predicted molar refractivity (Wildman–Crippen MR) is 116 cm³/mol. The van der Waals surface area contributed by atoms with Gasteiger partial charge in [-0.2, -0.15) is 0 Å². The molecule has 1 fully saturated rings. The van der Waals surface area contributed by atoms with E-state index in [1.807, 2.05) is 13.8 Å². The molecule has 0 spiro atoms. The molecule has 0 aromatic carbocycles. The predicted octanol–water partition coefficient (Wildman–Crippen LogP) is 4.55. The fraction of sp³-hybridized carbons (Fsp3) is 0.542. The van der Waals surface area contributed by atoms with E-state index in [4.69, 9.17) is 9.15 Å². The van der Waals surface area contributed by atoms with E-state index >= 15 is 0 Å². The molecule has 1 saturated carbocycles. The van der Waals surface area contributed by atoms with Gasteiger partial charge in [0.05, 0.1) is 19.4 Å². The first kappa shape index (κ1) is 22.8. The maximum Gasteiger partial charge on any atom is 0.354 e. The highest BCUT2D eigenvalue weighted by Crippen LogP contribution is 2.30. The highest BCUT2D eigenvalue weighted by atomic mass is 16.5. The van der Waals surface area contributed by atoms with Crippen molar-refractivity contribution in [1.29, 1.82) is 0 Å². The number of ether oxygens (including phenoxy) is 1. The van der Waals surface area contributed by atoms with Crippen LogP contribution in [-0.2, 0) is 11.3 Å². The molecule has 1 aliphatic rings. The second-order valence-electron chi connectivity index (χ2n) is 8.19. The molecule has 0 bridgehead atoms. The topological polar surface area (TPSA) is 81.8 Å². The zero-order valence-corrected chi connectivity index (χ0v) is 19.1. The Morgan fingerprint density at radius 1 is 1.23 bits per heavy atom. The molecule has 1 amide bonds. The summed E-state index contributed by atoms with van der Waals surface area (Å²) in [6, 6.07) is 2.61. The van der Waals surface area contributed by atoms with Crippen molar-refractivity contribution in [2.75, 3.05) is 7.11 Å². The van der Waals surface area contributed by atoms with Crippen molar-refractivity contribution in [2.45, 2.75) is 78.4 Å². The molecule has 1 unspecified atom stereocenters. The Hall–Kier alpha value is -2.83. The van der Waals surface area contributed by atoms with Crippen LogP contribution >= 0.6 is 0 Å². The molecule has 0 saturated heterocycles. The number of ketones is 1. The fourth-order valence-electron chi connectivity index (χ4n) is 4.89. The van der Waals surface area contributed by atoms with Crippen molar-refractivity contribution in [3.63, 3.8) is 0 Å². The van der Waals surface area contributed by atoms with Crippen LogP contribution in [0.1, 0.15) is 88.6 Å². The molecule has 31 heavy (non-hydrogen) atoms. The summed E-state index contributed by atoms with van der Waals surface area (Å²) in [6.45, 7) is 7.84. The Morgan fingerprint density at radius 3 is 2.45 bits per heavy atom. The summed E-state index contributed by atoms with van der Waals surface area (Å²) in [4.78, 5) is 41.2. The number of hydrogen-bond acceptors (Lipinski definition) is 5. The van der Waals surface area contributed by atoms with Gasteiger partial charge in [-0.25, -0.2) is 4.79 Å². The third-order valence-corrected chi connectivity index (χ3v) is 6.44. The smallest absolute Gasteiger partial charge is 0.354 e. The minimum atomic E-state index is -0.684. The number of hydrogen-bond donors (Lipinski definition) is 0. The van der Waals surface area contributed by atoms with E-state index in [2.05, 4.69) is 0 Å². The number of carbonyl (C=O) groups excluding carboxylic acids is 3. The summed E-state index contributed by atoms with van der Waals surface area (Å²) < 4.78 is 12.1. The SMILES string of the molecule is CCn1c(C)c(C(=O)C(C)N(C(=O)c2ccco2)C2CCCCC2)c(C)c1C(=O)OC. The first-order valence-electron chi connectivity index (χ1n) is 11.0. The first-order chi connectivity index (χ1) is 14.8. The summed E-state index contributed by atoms with van der Waals surface area (Å²) in [7, 11) is 1.33. The fourth-order valence-corrected chi connectivity index (χ4v) is 4.89. The number of carbonyl (C=O) groups is 3. The maximum atomic E-state index is 13.7. The lowest BCUT2D eigenvalue weighted by atomic mass is 9.91. The lowest BCUT2D eigenvalue weighted by Crippen LogP contribution is -2.50. The van der Waals surface area contributed by atoms with Crippen LogP contribution in [0.15, 0.2) is 22.8 Å². The van der Waals surface area contributed by atoms with E-state index in [9.17, 15) is 14.4 Å². The zero-order chi connectivity index (χ0) is 22.7. The Labute approximate surface area is 183 Å². The minimum Gasteiger partial charge on any atom is -0.464 e. The van der Waals surface area contributed by atoms with Gasteiger partial charge >= 0.3 is 5.97 Å². The molecule has 2 aromatic rings. The number of rotatable bonds is 7. The molecule has 0 radical (unpaired) electrons. The van der Waals surface area contributed by atoms with Crippen LogP contribution in [0.3, 0.4) is 0 Å². The van der Waals surface area contributed by atoms with Crippen molar-refractivity contribution in [1.82, 2.24) is 9.47 Å². The van der Waals surface area contributed by atoms with Crippen LogP contribution in [0, 0.1) is 13.8 Å².